The number of amides is 1. The fourth-order valence-corrected chi connectivity index (χ4v) is 4.53. The normalized spacial score (nSPS) is 18.1. The van der Waals surface area contributed by atoms with Crippen LogP contribution in [-0.2, 0) is 15.7 Å². The van der Waals surface area contributed by atoms with E-state index in [4.69, 9.17) is 9.47 Å². The Balaban J connectivity index is 1.80. The molecule has 0 spiro atoms. The Morgan fingerprint density at radius 3 is 2.54 bits per heavy atom. The van der Waals surface area contributed by atoms with E-state index in [1.54, 1.807) is 0 Å². The number of unbranched alkanes of at least 4 members (excludes halogenated alkanes) is 1. The van der Waals surface area contributed by atoms with Gasteiger partial charge in [0.05, 0.1) is 11.8 Å². The molecule has 1 aromatic rings. The van der Waals surface area contributed by atoms with E-state index in [0.717, 1.165) is 50.5 Å². The van der Waals surface area contributed by atoms with Gasteiger partial charge in [-0.15, -0.1) is 0 Å². The Hall–Kier alpha value is -1.52. The summed E-state index contributed by atoms with van der Waals surface area (Å²) in [5.41, 5.74) is 1.08. The van der Waals surface area contributed by atoms with Crippen LogP contribution in [0.2, 0.25) is 0 Å². The van der Waals surface area contributed by atoms with Crippen LogP contribution in [0.3, 0.4) is 0 Å². The molecule has 28 heavy (non-hydrogen) atoms. The third kappa shape index (κ3) is 7.14. The summed E-state index contributed by atoms with van der Waals surface area (Å²) in [5.74, 6) is 0.705. The van der Waals surface area contributed by atoms with Crippen LogP contribution in [0.1, 0.15) is 64.4 Å². The molecule has 0 radical (unpaired) electrons. The predicted octanol–water partition coefficient (Wildman–Crippen LogP) is 4.69. The van der Waals surface area contributed by atoms with Crippen LogP contribution in [0.4, 0.5) is 4.79 Å². The Labute approximate surface area is 168 Å². The van der Waals surface area contributed by atoms with Crippen molar-refractivity contribution in [2.24, 2.45) is 0 Å². The van der Waals surface area contributed by atoms with Crippen molar-refractivity contribution >= 4 is 14.1 Å². The number of alkyl carbamates (subject to hydrolysis) is 1. The van der Waals surface area contributed by atoms with Crippen molar-refractivity contribution in [2.75, 3.05) is 13.2 Å². The van der Waals surface area contributed by atoms with Gasteiger partial charge >= 0.3 is 6.09 Å². The van der Waals surface area contributed by atoms with Crippen LogP contribution in [0.15, 0.2) is 24.3 Å². The molecule has 0 aliphatic heterocycles. The number of rotatable bonds is 10. The summed E-state index contributed by atoms with van der Waals surface area (Å²) in [6.07, 6.45) is 6.81. The zero-order chi connectivity index (χ0) is 20.4. The number of hydrogen-bond acceptors (Lipinski definition) is 4. The molecule has 0 aromatic heterocycles. The molecular formula is C21H34NO5P. The minimum atomic E-state index is -2.63. The molecule has 1 aliphatic carbocycles. The quantitative estimate of drug-likeness (QED) is 0.431. The maximum absolute atomic E-state index is 11.9. The molecule has 2 rings (SSSR count). The Morgan fingerprint density at radius 2 is 1.93 bits per heavy atom. The first-order chi connectivity index (χ1) is 13.4. The number of carbonyl (C=O) groups is 1. The van der Waals surface area contributed by atoms with Crippen molar-refractivity contribution in [3.63, 3.8) is 0 Å². The van der Waals surface area contributed by atoms with E-state index >= 15 is 0 Å². The number of ether oxygens (including phenoxy) is 2. The minimum Gasteiger partial charge on any atom is -0.492 e. The largest absolute Gasteiger partial charge is 0.492 e. The van der Waals surface area contributed by atoms with Gasteiger partial charge in [-0.1, -0.05) is 44.7 Å². The second kappa shape index (κ2) is 11.5. The molecule has 0 saturated heterocycles. The van der Waals surface area contributed by atoms with Gasteiger partial charge in [-0.3, -0.25) is 4.57 Å². The Kier molecular flexibility index (Phi) is 9.33. The van der Waals surface area contributed by atoms with Crippen molar-refractivity contribution in [3.05, 3.63) is 29.8 Å². The van der Waals surface area contributed by atoms with E-state index in [-0.39, 0.29) is 12.1 Å². The number of carbonyl (C=O) groups excluding carboxylic acids is 1. The van der Waals surface area contributed by atoms with Gasteiger partial charge in [0.1, 0.15) is 12.4 Å². The van der Waals surface area contributed by atoms with Crippen molar-refractivity contribution < 1.29 is 23.7 Å². The lowest BCUT2D eigenvalue weighted by Crippen LogP contribution is -2.35. The lowest BCUT2D eigenvalue weighted by Gasteiger charge is -2.34. The standard InChI is InChI=1S/C21H34NO5P/c1-3-4-14-26-20(23)22-17(2)15-18-8-10-19(11-9-18)27-16-21(28(24)25)12-6-5-7-13-21/h8-11,17,28H,3-7,12-16H2,1-2H3,(H,22,23)(H,24,25). The van der Waals surface area contributed by atoms with Crippen LogP contribution in [-0.4, -0.2) is 35.4 Å². The molecule has 1 fully saturated rings. The molecular weight excluding hydrogens is 377 g/mol. The summed E-state index contributed by atoms with van der Waals surface area (Å²) in [5, 5.41) is 2.26. The van der Waals surface area contributed by atoms with E-state index in [0.29, 0.717) is 25.4 Å². The van der Waals surface area contributed by atoms with E-state index in [9.17, 15) is 14.3 Å². The van der Waals surface area contributed by atoms with Crippen molar-refractivity contribution in [2.45, 2.75) is 76.4 Å². The van der Waals surface area contributed by atoms with Crippen LogP contribution in [0.25, 0.3) is 0 Å². The molecule has 1 aromatic carbocycles. The second-order valence-corrected chi connectivity index (χ2v) is 9.49. The maximum Gasteiger partial charge on any atom is 0.407 e. The molecule has 1 saturated carbocycles. The number of benzene rings is 1. The zero-order valence-electron chi connectivity index (χ0n) is 17.0. The topological polar surface area (TPSA) is 84.9 Å². The van der Waals surface area contributed by atoms with Gasteiger partial charge in [0.25, 0.3) is 0 Å². The van der Waals surface area contributed by atoms with Gasteiger partial charge < -0.3 is 19.7 Å². The van der Waals surface area contributed by atoms with Crippen LogP contribution in [0.5, 0.6) is 5.75 Å². The van der Waals surface area contributed by atoms with E-state index in [1.807, 2.05) is 31.2 Å². The summed E-state index contributed by atoms with van der Waals surface area (Å²) < 4.78 is 22.9. The van der Waals surface area contributed by atoms with Gasteiger partial charge in [-0.05, 0) is 50.3 Å². The molecule has 0 heterocycles. The first-order valence-electron chi connectivity index (χ1n) is 10.3. The number of nitrogens with one attached hydrogen (secondary N) is 1. The van der Waals surface area contributed by atoms with Crippen LogP contribution < -0.4 is 10.1 Å². The van der Waals surface area contributed by atoms with E-state index in [2.05, 4.69) is 12.2 Å². The monoisotopic (exact) mass is 411 g/mol. The second-order valence-electron chi connectivity index (χ2n) is 7.82. The van der Waals surface area contributed by atoms with Gasteiger partial charge in [0, 0.05) is 6.04 Å². The summed E-state index contributed by atoms with van der Waals surface area (Å²) >= 11 is 0. The zero-order valence-corrected chi connectivity index (χ0v) is 18.0. The fourth-order valence-electron chi connectivity index (χ4n) is 3.55. The molecule has 0 bridgehead atoms. The molecule has 2 unspecified atom stereocenters. The fraction of sp³-hybridized carbons (Fsp3) is 0.667. The Morgan fingerprint density at radius 1 is 1.25 bits per heavy atom. The molecule has 6 nitrogen and oxygen atoms in total. The molecule has 1 aliphatic rings. The highest BCUT2D eigenvalue weighted by Crippen LogP contribution is 2.46. The highest BCUT2D eigenvalue weighted by molar-refractivity contribution is 7.40. The SMILES string of the molecule is CCCCOC(=O)NC(C)Cc1ccc(OCC2([PH](=O)O)CCCCC2)cc1. The van der Waals surface area contributed by atoms with Crippen molar-refractivity contribution in [3.8, 4) is 5.75 Å². The summed E-state index contributed by atoms with van der Waals surface area (Å²) in [4.78, 5) is 21.5. The molecule has 158 valence electrons. The average Bonchev–Trinajstić information content (AvgIpc) is 2.68. The van der Waals surface area contributed by atoms with Gasteiger partial charge in [0.15, 0.2) is 8.03 Å². The van der Waals surface area contributed by atoms with Gasteiger partial charge in [-0.2, -0.15) is 0 Å². The summed E-state index contributed by atoms with van der Waals surface area (Å²) in [7, 11) is -2.63. The summed E-state index contributed by atoms with van der Waals surface area (Å²) in [6, 6.07) is 7.66. The molecule has 1 amide bonds. The summed E-state index contributed by atoms with van der Waals surface area (Å²) in [6.45, 7) is 4.73. The number of hydrogen-bond donors (Lipinski definition) is 2. The first kappa shape index (κ1) is 22.8. The van der Waals surface area contributed by atoms with Crippen LogP contribution >= 0.6 is 8.03 Å². The average molecular weight is 411 g/mol. The van der Waals surface area contributed by atoms with Crippen LogP contribution in [0, 0.1) is 0 Å². The highest BCUT2D eigenvalue weighted by atomic mass is 31.1. The molecule has 2 atom stereocenters. The van der Waals surface area contributed by atoms with Crippen molar-refractivity contribution in [1.82, 2.24) is 5.32 Å². The van der Waals surface area contributed by atoms with E-state index < -0.39 is 13.2 Å². The van der Waals surface area contributed by atoms with Gasteiger partial charge in [-0.25, -0.2) is 4.79 Å². The third-order valence-corrected chi connectivity index (χ3v) is 6.89. The Bertz CT molecular complexity index is 628. The highest BCUT2D eigenvalue weighted by Gasteiger charge is 2.38. The maximum atomic E-state index is 11.9. The van der Waals surface area contributed by atoms with E-state index in [1.165, 1.54) is 0 Å². The minimum absolute atomic E-state index is 0.0357. The third-order valence-electron chi connectivity index (χ3n) is 5.34. The molecule has 2 N–H and O–H groups in total. The van der Waals surface area contributed by atoms with Gasteiger partial charge in [0.2, 0.25) is 0 Å². The lowest BCUT2D eigenvalue weighted by atomic mass is 9.89. The first-order valence-corrected chi connectivity index (χ1v) is 11.7. The predicted molar refractivity (Wildman–Crippen MR) is 112 cm³/mol. The smallest absolute Gasteiger partial charge is 0.407 e. The van der Waals surface area contributed by atoms with Crippen molar-refractivity contribution in [1.29, 1.82) is 0 Å². The lowest BCUT2D eigenvalue weighted by molar-refractivity contribution is 0.141. The molecule has 7 heteroatoms.